The molecule has 1 fully saturated rings. The van der Waals surface area contributed by atoms with Crippen LogP contribution in [0.1, 0.15) is 39.4 Å². The molecular weight excluding hydrogens is 368 g/mol. The van der Waals surface area contributed by atoms with E-state index in [2.05, 4.69) is 52.3 Å². The average molecular weight is 395 g/mol. The fourth-order valence-electron chi connectivity index (χ4n) is 5.78. The molecule has 1 saturated heterocycles. The first-order chi connectivity index (χ1) is 14.8. The summed E-state index contributed by atoms with van der Waals surface area (Å²) < 4.78 is 0. The topological polar surface area (TPSA) is 23.6 Å². The Labute approximate surface area is 177 Å². The first-order valence-corrected chi connectivity index (χ1v) is 11.1. The molecule has 0 saturated carbocycles. The van der Waals surface area contributed by atoms with Gasteiger partial charge in [0, 0.05) is 42.0 Å². The van der Waals surface area contributed by atoms with Gasteiger partial charge in [0.05, 0.1) is 6.54 Å². The highest BCUT2D eigenvalue weighted by molar-refractivity contribution is 5.97. The molecule has 30 heavy (non-hydrogen) atoms. The third-order valence-corrected chi connectivity index (χ3v) is 7.16. The lowest BCUT2D eigenvalue weighted by molar-refractivity contribution is 0.0901. The number of anilines is 2. The van der Waals surface area contributed by atoms with E-state index in [9.17, 15) is 4.79 Å². The van der Waals surface area contributed by atoms with Gasteiger partial charge in [-0.2, -0.15) is 0 Å². The van der Waals surface area contributed by atoms with Crippen molar-refractivity contribution in [3.8, 4) is 0 Å². The average Bonchev–Trinajstić information content (AvgIpc) is 3.02. The van der Waals surface area contributed by atoms with E-state index in [1.807, 2.05) is 30.3 Å². The van der Waals surface area contributed by atoms with Gasteiger partial charge in [-0.25, -0.2) is 0 Å². The maximum atomic E-state index is 12.8. The maximum absolute atomic E-state index is 12.8. The van der Waals surface area contributed by atoms with Crippen LogP contribution in [-0.4, -0.2) is 36.4 Å². The molecule has 0 bridgehead atoms. The van der Waals surface area contributed by atoms with Crippen molar-refractivity contribution in [2.75, 3.05) is 24.5 Å². The molecule has 0 aromatic heterocycles. The van der Waals surface area contributed by atoms with E-state index in [1.165, 1.54) is 28.1 Å². The molecule has 0 unspecified atom stereocenters. The number of hydrogen-bond donors (Lipinski definition) is 0. The Bertz CT molecular complexity index is 1110. The third kappa shape index (κ3) is 2.80. The van der Waals surface area contributed by atoms with Gasteiger partial charge in [0.2, 0.25) is 0 Å². The van der Waals surface area contributed by atoms with Gasteiger partial charge >= 0.3 is 0 Å². The highest BCUT2D eigenvalue weighted by atomic mass is 16.1. The van der Waals surface area contributed by atoms with Crippen LogP contribution in [0.15, 0.2) is 72.8 Å². The lowest BCUT2D eigenvalue weighted by Crippen LogP contribution is -2.46. The molecule has 6 rings (SSSR count). The third-order valence-electron chi connectivity index (χ3n) is 7.16. The zero-order valence-corrected chi connectivity index (χ0v) is 17.1. The van der Waals surface area contributed by atoms with E-state index < -0.39 is 0 Å². The number of nitrogens with zero attached hydrogens (tertiary/aromatic N) is 2. The number of piperidine rings is 1. The van der Waals surface area contributed by atoms with Crippen molar-refractivity contribution in [1.82, 2.24) is 4.90 Å². The number of para-hydroxylation sites is 2. The summed E-state index contributed by atoms with van der Waals surface area (Å²) >= 11 is 0. The summed E-state index contributed by atoms with van der Waals surface area (Å²) in [5.41, 5.74) is 8.08. The molecule has 0 aliphatic carbocycles. The molecule has 3 nitrogen and oxygen atoms in total. The summed E-state index contributed by atoms with van der Waals surface area (Å²) in [6, 6.07) is 26.0. The van der Waals surface area contributed by atoms with Crippen LogP contribution in [0.25, 0.3) is 0 Å². The number of Topliss-reactive ketones (excluding diaryl/α,β-unsaturated/α-hetero) is 1. The lowest BCUT2D eigenvalue weighted by Gasteiger charge is -2.39. The second-order valence-corrected chi connectivity index (χ2v) is 8.84. The largest absolute Gasteiger partial charge is 0.337 e. The van der Waals surface area contributed by atoms with Crippen LogP contribution in [0.4, 0.5) is 11.4 Å². The van der Waals surface area contributed by atoms with Crippen molar-refractivity contribution in [3.63, 3.8) is 0 Å². The van der Waals surface area contributed by atoms with Crippen molar-refractivity contribution >= 4 is 17.2 Å². The molecule has 0 radical (unpaired) electrons. The van der Waals surface area contributed by atoms with Gasteiger partial charge < -0.3 is 4.90 Å². The second kappa shape index (κ2) is 7.10. The van der Waals surface area contributed by atoms with Gasteiger partial charge in [0.15, 0.2) is 5.78 Å². The summed E-state index contributed by atoms with van der Waals surface area (Å²) in [5.74, 6) is 0.688. The molecule has 150 valence electrons. The Morgan fingerprint density at radius 3 is 2.53 bits per heavy atom. The predicted molar refractivity (Wildman–Crippen MR) is 121 cm³/mol. The molecule has 3 aliphatic rings. The smallest absolute Gasteiger partial charge is 0.176 e. The second-order valence-electron chi connectivity index (χ2n) is 8.84. The van der Waals surface area contributed by atoms with Gasteiger partial charge in [-0.3, -0.25) is 9.69 Å². The molecule has 3 heteroatoms. The fourth-order valence-corrected chi connectivity index (χ4v) is 5.78. The van der Waals surface area contributed by atoms with Gasteiger partial charge in [-0.15, -0.1) is 0 Å². The van der Waals surface area contributed by atoms with Crippen LogP contribution >= 0.6 is 0 Å². The van der Waals surface area contributed by atoms with E-state index in [-0.39, 0.29) is 5.78 Å². The highest BCUT2D eigenvalue weighted by Crippen LogP contribution is 2.52. The van der Waals surface area contributed by atoms with Gasteiger partial charge in [-0.05, 0) is 42.0 Å². The van der Waals surface area contributed by atoms with Gasteiger partial charge in [-0.1, -0.05) is 66.7 Å². The van der Waals surface area contributed by atoms with E-state index in [1.54, 1.807) is 0 Å². The van der Waals surface area contributed by atoms with Crippen LogP contribution in [0.5, 0.6) is 0 Å². The number of benzene rings is 3. The quantitative estimate of drug-likeness (QED) is 0.586. The molecule has 2 atom stereocenters. The number of hydrogen-bond acceptors (Lipinski definition) is 3. The number of carbonyl (C=O) groups is 1. The Kier molecular flexibility index (Phi) is 4.24. The summed E-state index contributed by atoms with van der Waals surface area (Å²) in [7, 11) is 0. The normalized spacial score (nSPS) is 22.1. The number of ketones is 1. The minimum absolute atomic E-state index is 0.226. The number of fused-ring (bicyclic) bond motifs is 5. The molecule has 3 aliphatic heterocycles. The highest BCUT2D eigenvalue weighted by Gasteiger charge is 2.44. The molecule has 3 heterocycles. The summed E-state index contributed by atoms with van der Waals surface area (Å²) in [6.45, 7) is 2.44. The summed E-state index contributed by atoms with van der Waals surface area (Å²) in [5, 5.41) is 0. The minimum atomic E-state index is 0.226. The molecule has 0 spiro atoms. The standard InChI is InChI=1S/C27H26N2O/c30-26(20-8-2-1-3-9-20)18-28-16-15-25-23(17-28)22-11-6-10-21-14-13-19-7-4-5-12-24(19)29(25)27(21)22/h1-12,23,25H,13-18H2/t23-,25+/m0/s1. The Balaban J connectivity index is 1.33. The first-order valence-electron chi connectivity index (χ1n) is 11.1. The zero-order chi connectivity index (χ0) is 20.1. The summed E-state index contributed by atoms with van der Waals surface area (Å²) in [6.07, 6.45) is 3.31. The summed E-state index contributed by atoms with van der Waals surface area (Å²) in [4.78, 5) is 17.8. The number of aryl methyl sites for hydroxylation is 2. The Morgan fingerprint density at radius 2 is 1.63 bits per heavy atom. The Morgan fingerprint density at radius 1 is 0.867 bits per heavy atom. The van der Waals surface area contributed by atoms with Crippen LogP contribution in [0.3, 0.4) is 0 Å². The lowest BCUT2D eigenvalue weighted by atomic mass is 9.87. The minimum Gasteiger partial charge on any atom is -0.337 e. The van der Waals surface area contributed by atoms with Crippen molar-refractivity contribution < 1.29 is 4.79 Å². The van der Waals surface area contributed by atoms with Crippen molar-refractivity contribution in [3.05, 3.63) is 95.1 Å². The monoisotopic (exact) mass is 394 g/mol. The Hall–Kier alpha value is -2.91. The zero-order valence-electron chi connectivity index (χ0n) is 17.1. The van der Waals surface area contributed by atoms with E-state index in [0.29, 0.717) is 18.5 Å². The predicted octanol–water partition coefficient (Wildman–Crippen LogP) is 4.98. The molecule has 3 aromatic carbocycles. The first kappa shape index (κ1) is 17.9. The van der Waals surface area contributed by atoms with E-state index >= 15 is 0 Å². The number of carbonyl (C=O) groups excluding carboxylic acids is 1. The van der Waals surface area contributed by atoms with E-state index in [0.717, 1.165) is 37.9 Å². The van der Waals surface area contributed by atoms with E-state index in [4.69, 9.17) is 0 Å². The molecule has 0 amide bonds. The maximum Gasteiger partial charge on any atom is 0.176 e. The molecular formula is C27H26N2O. The number of rotatable bonds is 3. The SMILES string of the molecule is O=C(CN1CC[C@@H]2[C@@H](C1)c1cccc3c1N2c1ccccc1CC3)c1ccccc1. The van der Waals surface area contributed by atoms with Crippen molar-refractivity contribution in [1.29, 1.82) is 0 Å². The van der Waals surface area contributed by atoms with Crippen LogP contribution in [-0.2, 0) is 12.8 Å². The van der Waals surface area contributed by atoms with Gasteiger partial charge in [0.1, 0.15) is 0 Å². The van der Waals surface area contributed by atoms with Crippen molar-refractivity contribution in [2.24, 2.45) is 0 Å². The number of likely N-dealkylation sites (tertiary alicyclic amines) is 1. The van der Waals surface area contributed by atoms with Crippen LogP contribution < -0.4 is 4.90 Å². The fraction of sp³-hybridized carbons (Fsp3) is 0.296. The van der Waals surface area contributed by atoms with Gasteiger partial charge in [0.25, 0.3) is 0 Å². The molecule has 0 N–H and O–H groups in total. The van der Waals surface area contributed by atoms with Crippen molar-refractivity contribution in [2.45, 2.75) is 31.2 Å². The molecule has 3 aromatic rings. The van der Waals surface area contributed by atoms with Crippen LogP contribution in [0.2, 0.25) is 0 Å². The van der Waals surface area contributed by atoms with Crippen LogP contribution in [0, 0.1) is 0 Å².